The largest absolute Gasteiger partial charge is 0.325 e. The Hall–Kier alpha value is -1.62. The molecule has 104 valence electrons. The summed E-state index contributed by atoms with van der Waals surface area (Å²) >= 11 is 0. The van der Waals surface area contributed by atoms with E-state index in [0.717, 1.165) is 32.5 Å². The number of carbonyl (C=O) groups is 1. The molecule has 4 nitrogen and oxygen atoms in total. The summed E-state index contributed by atoms with van der Waals surface area (Å²) in [6.07, 6.45) is 2.02. The molecule has 0 atom stereocenters. The average molecular weight is 265 g/mol. The lowest BCUT2D eigenvalue weighted by Gasteiger charge is -2.31. The van der Waals surface area contributed by atoms with E-state index >= 15 is 0 Å². The summed E-state index contributed by atoms with van der Waals surface area (Å²) in [5.74, 6) is 0.300. The first-order chi connectivity index (χ1) is 9.19. The summed E-state index contributed by atoms with van der Waals surface area (Å²) < 4.78 is 13.0. The Labute approximate surface area is 113 Å². The number of urea groups is 1. The number of anilines is 1. The predicted molar refractivity (Wildman–Crippen MR) is 73.6 cm³/mol. The molecule has 0 unspecified atom stereocenters. The molecule has 1 saturated heterocycles. The first-order valence-electron chi connectivity index (χ1n) is 6.65. The lowest BCUT2D eigenvalue weighted by molar-refractivity contribution is 0.182. The van der Waals surface area contributed by atoms with Crippen molar-refractivity contribution < 1.29 is 9.18 Å². The van der Waals surface area contributed by atoms with Crippen LogP contribution in [0.2, 0.25) is 0 Å². The van der Waals surface area contributed by atoms with Crippen molar-refractivity contribution in [3.05, 3.63) is 30.1 Å². The Morgan fingerprint density at radius 3 is 2.79 bits per heavy atom. The quantitative estimate of drug-likeness (QED) is 0.880. The maximum absolute atomic E-state index is 13.0. The first-order valence-corrected chi connectivity index (χ1v) is 6.65. The summed E-state index contributed by atoms with van der Waals surface area (Å²) in [6, 6.07) is 5.82. The number of nitrogens with one attached hydrogen (secondary N) is 2. The first kappa shape index (κ1) is 13.8. The van der Waals surface area contributed by atoms with Crippen molar-refractivity contribution in [2.75, 3.05) is 32.0 Å². The molecule has 0 spiro atoms. The van der Waals surface area contributed by atoms with Gasteiger partial charge in [0.2, 0.25) is 0 Å². The summed E-state index contributed by atoms with van der Waals surface area (Å²) in [4.78, 5) is 13.8. The fraction of sp³-hybridized carbons (Fsp3) is 0.500. The Morgan fingerprint density at radius 2 is 2.16 bits per heavy atom. The van der Waals surface area contributed by atoms with E-state index in [0.29, 0.717) is 11.6 Å². The van der Waals surface area contributed by atoms with Crippen LogP contribution in [-0.2, 0) is 0 Å². The van der Waals surface area contributed by atoms with E-state index < -0.39 is 0 Å². The van der Waals surface area contributed by atoms with Gasteiger partial charge in [0.05, 0.1) is 0 Å². The van der Waals surface area contributed by atoms with E-state index in [1.165, 1.54) is 12.1 Å². The van der Waals surface area contributed by atoms with Crippen LogP contribution in [0, 0.1) is 11.7 Å². The van der Waals surface area contributed by atoms with E-state index in [2.05, 4.69) is 10.6 Å². The number of halogens is 1. The molecule has 0 aliphatic carbocycles. The molecular formula is C14H20FN3O. The summed E-state index contributed by atoms with van der Waals surface area (Å²) in [5.41, 5.74) is 0.502. The molecule has 1 fully saturated rings. The van der Waals surface area contributed by atoms with Crippen LogP contribution in [0.25, 0.3) is 0 Å². The molecular weight excluding hydrogens is 245 g/mol. The molecule has 1 aliphatic rings. The zero-order chi connectivity index (χ0) is 13.7. The Bertz CT molecular complexity index is 430. The minimum absolute atomic E-state index is 0.145. The third-order valence-electron chi connectivity index (χ3n) is 3.47. The summed E-state index contributed by atoms with van der Waals surface area (Å²) in [6.45, 7) is 2.51. The van der Waals surface area contributed by atoms with Gasteiger partial charge in [0.25, 0.3) is 0 Å². The average Bonchev–Trinajstić information content (AvgIpc) is 2.40. The monoisotopic (exact) mass is 265 g/mol. The van der Waals surface area contributed by atoms with Gasteiger partial charge in [-0.3, -0.25) is 0 Å². The second kappa shape index (κ2) is 6.52. The van der Waals surface area contributed by atoms with Crippen LogP contribution in [0.4, 0.5) is 14.9 Å². The number of benzene rings is 1. The van der Waals surface area contributed by atoms with Crippen LogP contribution >= 0.6 is 0 Å². The fourth-order valence-corrected chi connectivity index (χ4v) is 2.40. The maximum Gasteiger partial charge on any atom is 0.321 e. The van der Waals surface area contributed by atoms with E-state index in [1.807, 2.05) is 7.05 Å². The minimum atomic E-state index is -0.342. The van der Waals surface area contributed by atoms with Crippen molar-refractivity contribution >= 4 is 11.7 Å². The minimum Gasteiger partial charge on any atom is -0.325 e. The molecule has 5 heteroatoms. The van der Waals surface area contributed by atoms with Crippen molar-refractivity contribution in [1.82, 2.24) is 10.2 Å². The molecule has 2 rings (SSSR count). The van der Waals surface area contributed by atoms with E-state index in [1.54, 1.807) is 17.0 Å². The van der Waals surface area contributed by atoms with Crippen LogP contribution in [0.5, 0.6) is 0 Å². The van der Waals surface area contributed by atoms with Gasteiger partial charge < -0.3 is 15.5 Å². The molecule has 19 heavy (non-hydrogen) atoms. The van der Waals surface area contributed by atoms with Gasteiger partial charge in [-0.05, 0) is 50.6 Å². The highest BCUT2D eigenvalue weighted by atomic mass is 19.1. The zero-order valence-electron chi connectivity index (χ0n) is 11.2. The van der Waals surface area contributed by atoms with Gasteiger partial charge in [-0.25, -0.2) is 9.18 Å². The maximum atomic E-state index is 13.0. The highest BCUT2D eigenvalue weighted by molar-refractivity contribution is 5.89. The highest BCUT2D eigenvalue weighted by Gasteiger charge is 2.22. The molecule has 0 aromatic heterocycles. The Morgan fingerprint density at radius 1 is 1.42 bits per heavy atom. The van der Waals surface area contributed by atoms with E-state index in [-0.39, 0.29) is 11.8 Å². The van der Waals surface area contributed by atoms with Crippen LogP contribution in [0.15, 0.2) is 24.3 Å². The SMILES string of the molecule is CNCC1CCN(C(=O)Nc2cccc(F)c2)CC1. The van der Waals surface area contributed by atoms with E-state index in [9.17, 15) is 9.18 Å². The van der Waals surface area contributed by atoms with Gasteiger partial charge in [0.15, 0.2) is 0 Å². The normalized spacial score (nSPS) is 16.4. The van der Waals surface area contributed by atoms with Crippen molar-refractivity contribution in [1.29, 1.82) is 0 Å². The second-order valence-electron chi connectivity index (χ2n) is 4.93. The molecule has 0 radical (unpaired) electrons. The third kappa shape index (κ3) is 3.92. The second-order valence-corrected chi connectivity index (χ2v) is 4.93. The third-order valence-corrected chi connectivity index (χ3v) is 3.47. The zero-order valence-corrected chi connectivity index (χ0v) is 11.2. The van der Waals surface area contributed by atoms with Crippen LogP contribution in [0.1, 0.15) is 12.8 Å². The predicted octanol–water partition coefficient (Wildman–Crippen LogP) is 2.29. The van der Waals surface area contributed by atoms with Crippen LogP contribution in [0.3, 0.4) is 0 Å². The molecule has 1 heterocycles. The summed E-state index contributed by atoms with van der Waals surface area (Å²) in [7, 11) is 1.95. The van der Waals surface area contributed by atoms with Gasteiger partial charge in [0.1, 0.15) is 5.82 Å². The van der Waals surface area contributed by atoms with Gasteiger partial charge in [-0.1, -0.05) is 6.07 Å². The molecule has 1 aromatic carbocycles. The van der Waals surface area contributed by atoms with Gasteiger partial charge in [0, 0.05) is 18.8 Å². The number of likely N-dealkylation sites (tertiary alicyclic amines) is 1. The number of piperidine rings is 1. The molecule has 1 aliphatic heterocycles. The number of rotatable bonds is 3. The van der Waals surface area contributed by atoms with Crippen molar-refractivity contribution in [3.8, 4) is 0 Å². The van der Waals surface area contributed by atoms with Gasteiger partial charge >= 0.3 is 6.03 Å². The number of hydrogen-bond acceptors (Lipinski definition) is 2. The standard InChI is InChI=1S/C14H20FN3O/c1-16-10-11-5-7-18(8-6-11)14(19)17-13-4-2-3-12(15)9-13/h2-4,9,11,16H,5-8,10H2,1H3,(H,17,19). The Kier molecular flexibility index (Phi) is 4.74. The lowest BCUT2D eigenvalue weighted by Crippen LogP contribution is -2.42. The Balaban J connectivity index is 1.84. The lowest BCUT2D eigenvalue weighted by atomic mass is 9.97. The highest BCUT2D eigenvalue weighted by Crippen LogP contribution is 2.17. The van der Waals surface area contributed by atoms with Crippen molar-refractivity contribution in [2.45, 2.75) is 12.8 Å². The van der Waals surface area contributed by atoms with Gasteiger partial charge in [-0.15, -0.1) is 0 Å². The molecule has 2 N–H and O–H groups in total. The molecule has 0 bridgehead atoms. The number of carbonyl (C=O) groups excluding carboxylic acids is 1. The topological polar surface area (TPSA) is 44.4 Å². The van der Waals surface area contributed by atoms with E-state index in [4.69, 9.17) is 0 Å². The van der Waals surface area contributed by atoms with Crippen LogP contribution in [-0.4, -0.2) is 37.6 Å². The molecule has 2 amide bonds. The number of amides is 2. The fourth-order valence-electron chi connectivity index (χ4n) is 2.40. The van der Waals surface area contributed by atoms with Gasteiger partial charge in [-0.2, -0.15) is 0 Å². The molecule has 1 aromatic rings. The number of hydrogen-bond donors (Lipinski definition) is 2. The smallest absolute Gasteiger partial charge is 0.321 e. The van der Waals surface area contributed by atoms with Crippen molar-refractivity contribution in [2.24, 2.45) is 5.92 Å². The molecule has 0 saturated carbocycles. The van der Waals surface area contributed by atoms with Crippen molar-refractivity contribution in [3.63, 3.8) is 0 Å². The van der Waals surface area contributed by atoms with Crippen LogP contribution < -0.4 is 10.6 Å². The number of nitrogens with zero attached hydrogens (tertiary/aromatic N) is 1. The summed E-state index contributed by atoms with van der Waals surface area (Å²) in [5, 5.41) is 5.90.